The van der Waals surface area contributed by atoms with Gasteiger partial charge in [-0.2, -0.15) is 0 Å². The van der Waals surface area contributed by atoms with E-state index in [4.69, 9.17) is 4.74 Å². The highest BCUT2D eigenvalue weighted by Crippen LogP contribution is 2.18. The lowest BCUT2D eigenvalue weighted by Crippen LogP contribution is -2.52. The molecule has 2 rings (SSSR count). The van der Waals surface area contributed by atoms with Crippen LogP contribution in [0.1, 0.15) is 37.3 Å². The number of amides is 1. The van der Waals surface area contributed by atoms with Gasteiger partial charge in [-0.1, -0.05) is 17.7 Å². The Morgan fingerprint density at radius 3 is 2.95 bits per heavy atom. The van der Waals surface area contributed by atoms with Gasteiger partial charge in [0.1, 0.15) is 5.75 Å². The molecule has 2 N–H and O–H groups in total. The fourth-order valence-corrected chi connectivity index (χ4v) is 2.74. The Hall–Kier alpha value is -1.55. The van der Waals surface area contributed by atoms with E-state index in [2.05, 4.69) is 30.5 Å². The summed E-state index contributed by atoms with van der Waals surface area (Å²) in [4.78, 5) is 12.0. The Kier molecular flexibility index (Phi) is 5.62. The molecule has 0 radical (unpaired) electrons. The van der Waals surface area contributed by atoms with Gasteiger partial charge in [0.05, 0.1) is 13.0 Å². The Morgan fingerprint density at radius 1 is 1.43 bits per heavy atom. The maximum absolute atomic E-state index is 12.0. The number of aryl methyl sites for hydroxylation is 2. The van der Waals surface area contributed by atoms with Crippen molar-refractivity contribution in [3.8, 4) is 5.75 Å². The average molecular weight is 290 g/mol. The summed E-state index contributed by atoms with van der Waals surface area (Å²) in [6.07, 6.45) is 2.57. The van der Waals surface area contributed by atoms with Crippen molar-refractivity contribution in [2.45, 2.75) is 52.1 Å². The van der Waals surface area contributed by atoms with Gasteiger partial charge in [-0.05, 0) is 51.8 Å². The molecule has 1 saturated heterocycles. The van der Waals surface area contributed by atoms with Gasteiger partial charge in [0.15, 0.2) is 0 Å². The third-order valence-corrected chi connectivity index (χ3v) is 4.03. The van der Waals surface area contributed by atoms with E-state index in [0.717, 1.165) is 30.7 Å². The van der Waals surface area contributed by atoms with Gasteiger partial charge in [-0.3, -0.25) is 4.79 Å². The van der Waals surface area contributed by atoms with Crippen molar-refractivity contribution in [3.63, 3.8) is 0 Å². The minimum absolute atomic E-state index is 0.0697. The molecule has 0 spiro atoms. The zero-order chi connectivity index (χ0) is 15.2. The smallest absolute Gasteiger partial charge is 0.223 e. The van der Waals surface area contributed by atoms with Crippen molar-refractivity contribution < 1.29 is 9.53 Å². The minimum Gasteiger partial charge on any atom is -0.493 e. The summed E-state index contributed by atoms with van der Waals surface area (Å²) in [6, 6.07) is 6.67. The molecule has 0 saturated carbocycles. The number of hydrogen-bond donors (Lipinski definition) is 2. The van der Waals surface area contributed by atoms with E-state index in [0.29, 0.717) is 19.1 Å². The summed E-state index contributed by atoms with van der Waals surface area (Å²) in [5, 5.41) is 6.48. The van der Waals surface area contributed by atoms with Crippen LogP contribution in [0.15, 0.2) is 18.2 Å². The number of hydrogen-bond acceptors (Lipinski definition) is 3. The van der Waals surface area contributed by atoms with Gasteiger partial charge in [-0.25, -0.2) is 0 Å². The lowest BCUT2D eigenvalue weighted by molar-refractivity contribution is -0.122. The summed E-state index contributed by atoms with van der Waals surface area (Å²) in [6.45, 7) is 7.67. The summed E-state index contributed by atoms with van der Waals surface area (Å²) < 4.78 is 5.70. The van der Waals surface area contributed by atoms with E-state index in [-0.39, 0.29) is 11.9 Å². The quantitative estimate of drug-likeness (QED) is 0.875. The first-order chi connectivity index (χ1) is 10.1. The predicted molar refractivity (Wildman–Crippen MR) is 84.7 cm³/mol. The van der Waals surface area contributed by atoms with E-state index >= 15 is 0 Å². The Morgan fingerprint density at radius 2 is 2.24 bits per heavy atom. The molecule has 1 aromatic carbocycles. The average Bonchev–Trinajstić information content (AvgIpc) is 2.44. The Bertz CT molecular complexity index is 488. The van der Waals surface area contributed by atoms with E-state index in [1.165, 1.54) is 5.56 Å². The topological polar surface area (TPSA) is 50.4 Å². The molecule has 1 fully saturated rings. The van der Waals surface area contributed by atoms with Crippen LogP contribution in [0.3, 0.4) is 0 Å². The molecule has 116 valence electrons. The fraction of sp³-hybridized carbons (Fsp3) is 0.588. The first-order valence-corrected chi connectivity index (χ1v) is 7.79. The molecule has 1 amide bonds. The van der Waals surface area contributed by atoms with Crippen molar-refractivity contribution in [1.29, 1.82) is 0 Å². The maximum Gasteiger partial charge on any atom is 0.223 e. The van der Waals surface area contributed by atoms with Crippen molar-refractivity contribution in [2.24, 2.45) is 0 Å². The van der Waals surface area contributed by atoms with Crippen LogP contribution in [0.2, 0.25) is 0 Å². The minimum atomic E-state index is 0.0697. The molecular formula is C17H26N2O2. The van der Waals surface area contributed by atoms with Crippen molar-refractivity contribution in [3.05, 3.63) is 29.3 Å². The molecule has 1 aliphatic heterocycles. The number of rotatable bonds is 5. The highest BCUT2D eigenvalue weighted by Gasteiger charge is 2.22. The number of piperidine rings is 1. The summed E-state index contributed by atoms with van der Waals surface area (Å²) in [7, 11) is 0. The Balaban J connectivity index is 1.73. The Labute approximate surface area is 127 Å². The van der Waals surface area contributed by atoms with Crippen LogP contribution in [0.4, 0.5) is 0 Å². The van der Waals surface area contributed by atoms with Crippen LogP contribution in [-0.4, -0.2) is 31.1 Å². The molecule has 4 nitrogen and oxygen atoms in total. The highest BCUT2D eigenvalue weighted by molar-refractivity contribution is 5.76. The number of carbonyl (C=O) groups is 1. The van der Waals surface area contributed by atoms with E-state index in [9.17, 15) is 4.79 Å². The molecule has 1 aliphatic rings. The lowest BCUT2D eigenvalue weighted by atomic mass is 10.00. The number of ether oxygens (including phenoxy) is 1. The predicted octanol–water partition coefficient (Wildman–Crippen LogP) is 2.33. The first kappa shape index (κ1) is 15.8. The van der Waals surface area contributed by atoms with E-state index < -0.39 is 0 Å². The van der Waals surface area contributed by atoms with Crippen LogP contribution in [-0.2, 0) is 4.79 Å². The molecule has 4 heteroatoms. The normalized spacial score (nSPS) is 21.9. The van der Waals surface area contributed by atoms with Crippen molar-refractivity contribution in [1.82, 2.24) is 10.6 Å². The standard InChI is InChI=1S/C17H26N2O2/c1-12-6-7-16(13(2)11-12)21-10-8-17(20)19-15-5-4-9-18-14(15)3/h6-7,11,14-15,18H,4-5,8-10H2,1-3H3,(H,19,20). The zero-order valence-corrected chi connectivity index (χ0v) is 13.2. The van der Waals surface area contributed by atoms with Gasteiger partial charge in [0.2, 0.25) is 5.91 Å². The van der Waals surface area contributed by atoms with Gasteiger partial charge in [-0.15, -0.1) is 0 Å². The van der Waals surface area contributed by atoms with Crippen LogP contribution >= 0.6 is 0 Å². The number of benzene rings is 1. The second-order valence-corrected chi connectivity index (χ2v) is 5.93. The van der Waals surface area contributed by atoms with Crippen LogP contribution in [0.5, 0.6) is 5.75 Å². The summed E-state index contributed by atoms with van der Waals surface area (Å²) in [5.41, 5.74) is 2.33. The molecule has 2 unspecified atom stereocenters. The van der Waals surface area contributed by atoms with E-state index in [1.807, 2.05) is 19.1 Å². The molecule has 21 heavy (non-hydrogen) atoms. The highest BCUT2D eigenvalue weighted by atomic mass is 16.5. The SMILES string of the molecule is Cc1ccc(OCCC(=O)NC2CCCNC2C)c(C)c1. The summed E-state index contributed by atoms with van der Waals surface area (Å²) >= 11 is 0. The molecule has 0 aromatic heterocycles. The third-order valence-electron chi connectivity index (χ3n) is 4.03. The third kappa shape index (κ3) is 4.74. The molecule has 0 bridgehead atoms. The largest absolute Gasteiger partial charge is 0.493 e. The maximum atomic E-state index is 12.0. The molecule has 2 atom stereocenters. The van der Waals surface area contributed by atoms with Gasteiger partial charge in [0.25, 0.3) is 0 Å². The van der Waals surface area contributed by atoms with E-state index in [1.54, 1.807) is 0 Å². The lowest BCUT2D eigenvalue weighted by Gasteiger charge is -2.30. The monoisotopic (exact) mass is 290 g/mol. The second kappa shape index (κ2) is 7.46. The van der Waals surface area contributed by atoms with Crippen LogP contribution < -0.4 is 15.4 Å². The number of nitrogens with one attached hydrogen (secondary N) is 2. The number of carbonyl (C=O) groups excluding carboxylic acids is 1. The first-order valence-electron chi connectivity index (χ1n) is 7.79. The van der Waals surface area contributed by atoms with Gasteiger partial charge < -0.3 is 15.4 Å². The molecule has 0 aliphatic carbocycles. The van der Waals surface area contributed by atoms with Crippen molar-refractivity contribution in [2.75, 3.05) is 13.2 Å². The molecule has 1 aromatic rings. The van der Waals surface area contributed by atoms with Crippen molar-refractivity contribution >= 4 is 5.91 Å². The molecular weight excluding hydrogens is 264 g/mol. The fourth-order valence-electron chi connectivity index (χ4n) is 2.74. The van der Waals surface area contributed by atoms with Gasteiger partial charge >= 0.3 is 0 Å². The summed E-state index contributed by atoms with van der Waals surface area (Å²) in [5.74, 6) is 0.932. The second-order valence-electron chi connectivity index (χ2n) is 5.93. The van der Waals surface area contributed by atoms with Crippen LogP contribution in [0, 0.1) is 13.8 Å². The zero-order valence-electron chi connectivity index (χ0n) is 13.2. The van der Waals surface area contributed by atoms with Crippen LogP contribution in [0.25, 0.3) is 0 Å². The van der Waals surface area contributed by atoms with Gasteiger partial charge in [0, 0.05) is 12.1 Å². The molecule has 1 heterocycles.